The maximum absolute atomic E-state index is 13.5. The number of allylic oxidation sites excluding steroid dienone is 1. The third kappa shape index (κ3) is 3.93. The molecule has 1 aliphatic rings. The number of carbonyl (C=O) groups excluding carboxylic acids is 2. The van der Waals surface area contributed by atoms with Crippen LogP contribution in [0.5, 0.6) is 0 Å². The van der Waals surface area contributed by atoms with Crippen molar-refractivity contribution in [2.45, 2.75) is 41.5 Å². The van der Waals surface area contributed by atoms with Crippen molar-refractivity contribution < 1.29 is 18.4 Å². The minimum Gasteiger partial charge on any atom is -0.288 e. The summed E-state index contributed by atoms with van der Waals surface area (Å²) in [5, 5.41) is 0. The first-order valence-corrected chi connectivity index (χ1v) is 11.3. The van der Waals surface area contributed by atoms with Crippen LogP contribution in [0.4, 0.5) is 8.78 Å². The lowest BCUT2D eigenvalue weighted by molar-refractivity contribution is 0.0990. The van der Waals surface area contributed by atoms with Crippen molar-refractivity contribution in [3.8, 4) is 0 Å². The zero-order chi connectivity index (χ0) is 24.4. The zero-order valence-corrected chi connectivity index (χ0v) is 19.9. The van der Waals surface area contributed by atoms with Gasteiger partial charge in [-0.3, -0.25) is 14.6 Å². The smallest absolute Gasteiger partial charge is 0.197 e. The molecule has 33 heavy (non-hydrogen) atoms. The Hall–Kier alpha value is -3.46. The van der Waals surface area contributed by atoms with Crippen LogP contribution in [0.3, 0.4) is 0 Å². The van der Waals surface area contributed by atoms with Gasteiger partial charge in [0.15, 0.2) is 23.2 Å². The second kappa shape index (κ2) is 9.58. The highest BCUT2D eigenvalue weighted by molar-refractivity contribution is 7.00. The van der Waals surface area contributed by atoms with E-state index in [1.807, 2.05) is 41.5 Å². The van der Waals surface area contributed by atoms with E-state index < -0.39 is 23.2 Å². The minimum atomic E-state index is -1.18. The van der Waals surface area contributed by atoms with Gasteiger partial charge in [0.2, 0.25) is 0 Å². The number of Topliss-reactive ketones (excluding diaryl/α,β-unsaturated/α-hetero) is 2. The highest BCUT2D eigenvalue weighted by Gasteiger charge is 2.34. The van der Waals surface area contributed by atoms with Crippen molar-refractivity contribution in [1.29, 1.82) is 0 Å². The molecule has 1 aliphatic carbocycles. The van der Waals surface area contributed by atoms with E-state index in [0.717, 1.165) is 46.0 Å². The van der Waals surface area contributed by atoms with Crippen molar-refractivity contribution in [1.82, 2.24) is 18.7 Å². The molecule has 0 saturated carbocycles. The van der Waals surface area contributed by atoms with Crippen molar-refractivity contribution in [3.05, 3.63) is 63.5 Å². The second-order valence-corrected chi connectivity index (χ2v) is 7.26. The molecular formula is C24H22F2N4O2S. The van der Waals surface area contributed by atoms with Gasteiger partial charge in [0.25, 0.3) is 0 Å². The van der Waals surface area contributed by atoms with Gasteiger partial charge >= 0.3 is 0 Å². The minimum absolute atomic E-state index is 0.156. The van der Waals surface area contributed by atoms with Gasteiger partial charge in [0, 0.05) is 22.3 Å². The summed E-state index contributed by atoms with van der Waals surface area (Å²) < 4.78 is 35.6. The van der Waals surface area contributed by atoms with E-state index in [2.05, 4.69) is 18.7 Å². The molecule has 2 aromatic heterocycles. The van der Waals surface area contributed by atoms with Crippen molar-refractivity contribution in [3.63, 3.8) is 0 Å². The molecule has 0 amide bonds. The maximum atomic E-state index is 13.5. The third-order valence-electron chi connectivity index (χ3n) is 5.03. The van der Waals surface area contributed by atoms with E-state index >= 15 is 0 Å². The first kappa shape index (κ1) is 24.2. The summed E-state index contributed by atoms with van der Waals surface area (Å²) in [5.41, 5.74) is 4.13. The highest BCUT2D eigenvalue weighted by atomic mass is 32.1. The Morgan fingerprint density at radius 3 is 1.79 bits per heavy atom. The molecule has 0 N–H and O–H groups in total. The van der Waals surface area contributed by atoms with Crippen LogP contribution in [0, 0.1) is 25.5 Å². The van der Waals surface area contributed by atoms with Gasteiger partial charge < -0.3 is 0 Å². The molecule has 0 bridgehead atoms. The van der Waals surface area contributed by atoms with Crippen molar-refractivity contribution >= 4 is 51.4 Å². The lowest BCUT2D eigenvalue weighted by atomic mass is 10.1. The number of aromatic nitrogens is 4. The molecule has 0 fully saturated rings. The Labute approximate surface area is 193 Å². The van der Waals surface area contributed by atoms with Gasteiger partial charge in [-0.05, 0) is 32.1 Å². The molecule has 6 nitrogen and oxygen atoms in total. The largest absolute Gasteiger partial charge is 0.288 e. The van der Waals surface area contributed by atoms with Crippen LogP contribution >= 0.6 is 11.7 Å². The average Bonchev–Trinajstić information content (AvgIpc) is 3.41. The van der Waals surface area contributed by atoms with Crippen LogP contribution in [0.15, 0.2) is 23.9 Å². The standard InChI is InChI=1S/C20H10F2N4O2S.2C2H6/c1-7-15-16(8(2)18-17(7)25-29-26-18)24-9(6-23-15)3-12-19(27)10-4-13(21)14(22)5-11(10)20(12)28;2*1-2/h3-6H,1-2H3;2*1-2H3. The first-order valence-electron chi connectivity index (χ1n) is 10.5. The molecule has 9 heteroatoms. The lowest BCUT2D eigenvalue weighted by Gasteiger charge is -2.06. The molecule has 5 rings (SSSR count). The van der Waals surface area contributed by atoms with E-state index in [-0.39, 0.29) is 22.4 Å². The van der Waals surface area contributed by atoms with Crippen molar-refractivity contribution in [2.24, 2.45) is 0 Å². The summed E-state index contributed by atoms with van der Waals surface area (Å²) in [4.78, 5) is 34.1. The van der Waals surface area contributed by atoms with Gasteiger partial charge in [0.1, 0.15) is 11.0 Å². The summed E-state index contributed by atoms with van der Waals surface area (Å²) in [7, 11) is 0. The van der Waals surface area contributed by atoms with E-state index in [1.54, 1.807) is 0 Å². The van der Waals surface area contributed by atoms with E-state index in [9.17, 15) is 18.4 Å². The predicted molar refractivity (Wildman–Crippen MR) is 126 cm³/mol. The number of aryl methyl sites for hydroxylation is 2. The third-order valence-corrected chi connectivity index (χ3v) is 5.56. The molecule has 0 unspecified atom stereocenters. The molecule has 2 aromatic carbocycles. The van der Waals surface area contributed by atoms with E-state index in [0.29, 0.717) is 11.0 Å². The quantitative estimate of drug-likeness (QED) is 0.250. The van der Waals surface area contributed by atoms with Crippen LogP contribution in [0.25, 0.3) is 28.1 Å². The Kier molecular flexibility index (Phi) is 7.02. The number of halogens is 2. The lowest BCUT2D eigenvalue weighted by Crippen LogP contribution is -2.02. The number of carbonyl (C=O) groups is 2. The topological polar surface area (TPSA) is 85.7 Å². The fraction of sp³-hybridized carbons (Fsp3) is 0.250. The van der Waals surface area contributed by atoms with Crippen molar-refractivity contribution in [2.75, 3.05) is 0 Å². The van der Waals surface area contributed by atoms with Crippen LogP contribution < -0.4 is 0 Å². The molecule has 170 valence electrons. The predicted octanol–water partition coefficient (Wildman–Crippen LogP) is 6.04. The Balaban J connectivity index is 0.000000728. The Morgan fingerprint density at radius 2 is 1.27 bits per heavy atom. The number of benzene rings is 2. The fourth-order valence-corrected chi connectivity index (χ4v) is 4.16. The fourth-order valence-electron chi connectivity index (χ4n) is 3.51. The van der Waals surface area contributed by atoms with Gasteiger partial charge in [-0.2, -0.15) is 8.75 Å². The molecule has 0 radical (unpaired) electrons. The van der Waals surface area contributed by atoms with E-state index in [1.165, 1.54) is 12.3 Å². The summed E-state index contributed by atoms with van der Waals surface area (Å²) in [6.07, 6.45) is 2.74. The van der Waals surface area contributed by atoms with Gasteiger partial charge in [-0.15, -0.1) is 0 Å². The summed E-state index contributed by atoms with van der Waals surface area (Å²) in [6.45, 7) is 11.7. The summed E-state index contributed by atoms with van der Waals surface area (Å²) in [5.74, 6) is -3.69. The summed E-state index contributed by atoms with van der Waals surface area (Å²) >= 11 is 1.10. The van der Waals surface area contributed by atoms with Gasteiger partial charge in [-0.25, -0.2) is 13.8 Å². The Morgan fingerprint density at radius 1 is 0.788 bits per heavy atom. The monoisotopic (exact) mass is 468 g/mol. The maximum Gasteiger partial charge on any atom is 0.197 e. The first-order chi connectivity index (χ1) is 15.9. The zero-order valence-electron chi connectivity index (χ0n) is 19.1. The van der Waals surface area contributed by atoms with Gasteiger partial charge in [-0.1, -0.05) is 27.7 Å². The SMILES string of the molecule is CC.CC.Cc1c2ncc(C=C3C(=O)c4cc(F)c(F)cc4C3=O)nc2c(C)c2nsnc12. The molecule has 2 heterocycles. The number of ketones is 2. The number of hydrogen-bond donors (Lipinski definition) is 0. The average molecular weight is 469 g/mol. The van der Waals surface area contributed by atoms with Crippen LogP contribution in [0.2, 0.25) is 0 Å². The number of hydrogen-bond acceptors (Lipinski definition) is 7. The van der Waals surface area contributed by atoms with E-state index in [4.69, 9.17) is 0 Å². The van der Waals surface area contributed by atoms with Crippen LogP contribution in [0.1, 0.15) is 65.2 Å². The molecule has 4 aromatic rings. The normalized spacial score (nSPS) is 12.3. The molecular weight excluding hydrogens is 446 g/mol. The molecule has 0 aliphatic heterocycles. The number of rotatable bonds is 1. The Bertz CT molecular complexity index is 1400. The van der Waals surface area contributed by atoms with Gasteiger partial charge in [0.05, 0.1) is 40.2 Å². The number of fused-ring (bicyclic) bond motifs is 3. The molecule has 0 atom stereocenters. The van der Waals surface area contributed by atoms with Crippen LogP contribution in [-0.2, 0) is 0 Å². The summed E-state index contributed by atoms with van der Waals surface area (Å²) in [6, 6.07) is 1.49. The molecule has 0 spiro atoms. The highest BCUT2D eigenvalue weighted by Crippen LogP contribution is 2.31. The van der Waals surface area contributed by atoms with Crippen LogP contribution in [-0.4, -0.2) is 30.3 Å². The second-order valence-electron chi connectivity index (χ2n) is 6.73. The number of nitrogens with zero attached hydrogens (tertiary/aromatic N) is 4. The molecule has 0 saturated heterocycles.